The Morgan fingerprint density at radius 2 is 2.28 bits per heavy atom. The lowest BCUT2D eigenvalue weighted by atomic mass is 9.75. The Bertz CT molecular complexity index is 312. The van der Waals surface area contributed by atoms with Gasteiger partial charge in [-0.1, -0.05) is 13.3 Å². The van der Waals surface area contributed by atoms with Crippen molar-refractivity contribution < 1.29 is 0 Å². The van der Waals surface area contributed by atoms with E-state index in [1.807, 2.05) is 6.20 Å². The monoisotopic (exact) mass is 267 g/mol. The molecule has 1 saturated heterocycles. The number of thiazole rings is 1. The fourth-order valence-electron chi connectivity index (χ4n) is 2.93. The van der Waals surface area contributed by atoms with Crippen molar-refractivity contribution in [2.75, 3.05) is 26.2 Å². The first-order chi connectivity index (χ1) is 8.85. The summed E-state index contributed by atoms with van der Waals surface area (Å²) in [7, 11) is 0. The summed E-state index contributed by atoms with van der Waals surface area (Å²) in [5, 5.41) is 10.4. The summed E-state index contributed by atoms with van der Waals surface area (Å²) in [5.41, 5.74) is 0.545. The van der Waals surface area contributed by atoms with Gasteiger partial charge in [-0.2, -0.15) is 0 Å². The minimum atomic E-state index is 0.545. The van der Waals surface area contributed by atoms with Gasteiger partial charge in [0.1, 0.15) is 0 Å². The van der Waals surface area contributed by atoms with Crippen LogP contribution in [0.5, 0.6) is 0 Å². The molecule has 0 aromatic carbocycles. The number of rotatable bonds is 7. The molecule has 2 rings (SSSR count). The third-order valence-electron chi connectivity index (χ3n) is 3.94. The van der Waals surface area contributed by atoms with E-state index in [4.69, 9.17) is 0 Å². The third-order valence-corrected chi connectivity index (χ3v) is 4.78. The Morgan fingerprint density at radius 3 is 2.94 bits per heavy atom. The Morgan fingerprint density at radius 1 is 1.44 bits per heavy atom. The van der Waals surface area contributed by atoms with Gasteiger partial charge in [0.05, 0.1) is 5.01 Å². The van der Waals surface area contributed by atoms with Gasteiger partial charge in [0.25, 0.3) is 0 Å². The van der Waals surface area contributed by atoms with Crippen LogP contribution in [0.1, 0.15) is 37.6 Å². The SMILES string of the molecule is CCCC1(CNCCc2nccs2)CCNCC1. The topological polar surface area (TPSA) is 37.0 Å². The van der Waals surface area contributed by atoms with Crippen molar-refractivity contribution >= 4 is 11.3 Å². The lowest BCUT2D eigenvalue weighted by molar-refractivity contribution is 0.177. The summed E-state index contributed by atoms with van der Waals surface area (Å²) in [6.45, 7) is 6.92. The summed E-state index contributed by atoms with van der Waals surface area (Å²) < 4.78 is 0. The van der Waals surface area contributed by atoms with Crippen LogP contribution in [0.4, 0.5) is 0 Å². The molecule has 1 aromatic heterocycles. The third kappa shape index (κ3) is 4.04. The average molecular weight is 267 g/mol. The molecule has 0 radical (unpaired) electrons. The Kier molecular flexibility index (Phi) is 5.60. The molecule has 0 saturated carbocycles. The highest BCUT2D eigenvalue weighted by Crippen LogP contribution is 2.33. The lowest BCUT2D eigenvalue weighted by Crippen LogP contribution is -2.43. The van der Waals surface area contributed by atoms with Gasteiger partial charge in [-0.3, -0.25) is 0 Å². The summed E-state index contributed by atoms with van der Waals surface area (Å²) in [4.78, 5) is 4.32. The molecule has 2 N–H and O–H groups in total. The maximum atomic E-state index is 4.32. The Balaban J connectivity index is 1.72. The first kappa shape index (κ1) is 14.0. The molecule has 0 amide bonds. The van der Waals surface area contributed by atoms with E-state index in [1.165, 1.54) is 50.3 Å². The molecule has 0 atom stereocenters. The van der Waals surface area contributed by atoms with Crippen molar-refractivity contribution in [1.29, 1.82) is 0 Å². The summed E-state index contributed by atoms with van der Waals surface area (Å²) in [6.07, 6.45) is 8.27. The number of piperidine rings is 1. The van der Waals surface area contributed by atoms with Crippen LogP contribution in [0, 0.1) is 5.41 Å². The molecule has 1 fully saturated rings. The highest BCUT2D eigenvalue weighted by Gasteiger charge is 2.30. The van der Waals surface area contributed by atoms with Crippen LogP contribution in [0.3, 0.4) is 0 Å². The Hall–Kier alpha value is -0.450. The van der Waals surface area contributed by atoms with E-state index < -0.39 is 0 Å². The molecular weight excluding hydrogens is 242 g/mol. The second kappa shape index (κ2) is 7.22. The van der Waals surface area contributed by atoms with Crippen LogP contribution in [0.15, 0.2) is 11.6 Å². The molecule has 0 unspecified atom stereocenters. The van der Waals surface area contributed by atoms with E-state index in [2.05, 4.69) is 27.9 Å². The molecule has 3 nitrogen and oxygen atoms in total. The number of hydrogen-bond acceptors (Lipinski definition) is 4. The van der Waals surface area contributed by atoms with Gasteiger partial charge in [-0.25, -0.2) is 4.98 Å². The summed E-state index contributed by atoms with van der Waals surface area (Å²) >= 11 is 1.76. The first-order valence-corrected chi connectivity index (χ1v) is 8.02. The number of nitrogens with one attached hydrogen (secondary N) is 2. The largest absolute Gasteiger partial charge is 0.317 e. The molecule has 4 heteroatoms. The lowest BCUT2D eigenvalue weighted by Gasteiger charge is -2.38. The van der Waals surface area contributed by atoms with Gasteiger partial charge < -0.3 is 10.6 Å². The van der Waals surface area contributed by atoms with E-state index in [0.717, 1.165) is 13.0 Å². The van der Waals surface area contributed by atoms with Crippen LogP contribution >= 0.6 is 11.3 Å². The minimum absolute atomic E-state index is 0.545. The van der Waals surface area contributed by atoms with E-state index in [-0.39, 0.29) is 0 Å². The van der Waals surface area contributed by atoms with E-state index in [9.17, 15) is 0 Å². The number of aromatic nitrogens is 1. The highest BCUT2D eigenvalue weighted by atomic mass is 32.1. The van der Waals surface area contributed by atoms with Crippen molar-refractivity contribution in [3.05, 3.63) is 16.6 Å². The van der Waals surface area contributed by atoms with Gasteiger partial charge in [0.15, 0.2) is 0 Å². The molecule has 0 aliphatic carbocycles. The van der Waals surface area contributed by atoms with Gasteiger partial charge >= 0.3 is 0 Å². The molecule has 1 aromatic rings. The van der Waals surface area contributed by atoms with Crippen molar-refractivity contribution in [1.82, 2.24) is 15.6 Å². The maximum absolute atomic E-state index is 4.32. The Labute approximate surface area is 114 Å². The predicted octanol–water partition coefficient (Wildman–Crippen LogP) is 2.45. The second-order valence-electron chi connectivity index (χ2n) is 5.35. The second-order valence-corrected chi connectivity index (χ2v) is 6.33. The molecule has 2 heterocycles. The standard InChI is InChI=1S/C14H25N3S/c1-2-4-14(5-8-15-9-6-14)12-16-7-3-13-17-10-11-18-13/h10-11,15-16H,2-9,12H2,1H3. The molecular formula is C14H25N3S. The van der Waals surface area contributed by atoms with Crippen molar-refractivity contribution in [2.24, 2.45) is 5.41 Å². The molecule has 0 bridgehead atoms. The quantitative estimate of drug-likeness (QED) is 0.745. The van der Waals surface area contributed by atoms with E-state index in [0.29, 0.717) is 5.41 Å². The highest BCUT2D eigenvalue weighted by molar-refractivity contribution is 7.09. The predicted molar refractivity (Wildman–Crippen MR) is 78.1 cm³/mol. The van der Waals surface area contributed by atoms with Gasteiger partial charge in [0.2, 0.25) is 0 Å². The molecule has 102 valence electrons. The molecule has 18 heavy (non-hydrogen) atoms. The summed E-state index contributed by atoms with van der Waals surface area (Å²) in [6, 6.07) is 0. The number of nitrogens with zero attached hydrogens (tertiary/aromatic N) is 1. The fraction of sp³-hybridized carbons (Fsp3) is 0.786. The zero-order valence-corrected chi connectivity index (χ0v) is 12.2. The fourth-order valence-corrected chi connectivity index (χ4v) is 3.55. The van der Waals surface area contributed by atoms with Crippen LogP contribution in [-0.2, 0) is 6.42 Å². The molecule has 0 spiro atoms. The van der Waals surface area contributed by atoms with E-state index >= 15 is 0 Å². The van der Waals surface area contributed by atoms with Gasteiger partial charge in [-0.05, 0) is 37.8 Å². The van der Waals surface area contributed by atoms with E-state index in [1.54, 1.807) is 11.3 Å². The van der Waals surface area contributed by atoms with Crippen molar-refractivity contribution in [2.45, 2.75) is 39.0 Å². The molecule has 1 aliphatic rings. The van der Waals surface area contributed by atoms with Crippen LogP contribution in [0.2, 0.25) is 0 Å². The summed E-state index contributed by atoms with van der Waals surface area (Å²) in [5.74, 6) is 0. The smallest absolute Gasteiger partial charge is 0.0937 e. The molecule has 1 aliphatic heterocycles. The zero-order valence-electron chi connectivity index (χ0n) is 11.4. The normalized spacial score (nSPS) is 18.9. The van der Waals surface area contributed by atoms with Crippen LogP contribution < -0.4 is 10.6 Å². The van der Waals surface area contributed by atoms with Crippen molar-refractivity contribution in [3.8, 4) is 0 Å². The number of hydrogen-bond donors (Lipinski definition) is 2. The van der Waals surface area contributed by atoms with Gasteiger partial charge in [-0.15, -0.1) is 11.3 Å². The van der Waals surface area contributed by atoms with Crippen molar-refractivity contribution in [3.63, 3.8) is 0 Å². The first-order valence-electron chi connectivity index (χ1n) is 7.14. The minimum Gasteiger partial charge on any atom is -0.317 e. The van der Waals surface area contributed by atoms with Crippen LogP contribution in [0.25, 0.3) is 0 Å². The van der Waals surface area contributed by atoms with Crippen LogP contribution in [-0.4, -0.2) is 31.2 Å². The average Bonchev–Trinajstić information content (AvgIpc) is 2.89. The zero-order chi connectivity index (χ0) is 12.7. The van der Waals surface area contributed by atoms with Gasteiger partial charge in [0, 0.05) is 31.1 Å². The maximum Gasteiger partial charge on any atom is 0.0937 e.